The van der Waals surface area contributed by atoms with Gasteiger partial charge in [0, 0.05) is 9.85 Å². The molecule has 0 radical (unpaired) electrons. The zero-order valence-corrected chi connectivity index (χ0v) is 15.0. The van der Waals surface area contributed by atoms with Crippen molar-refractivity contribution in [2.24, 2.45) is 0 Å². The fraction of sp³-hybridized carbons (Fsp3) is 0.0588. The van der Waals surface area contributed by atoms with Crippen LogP contribution in [0.5, 0.6) is 5.75 Å². The van der Waals surface area contributed by atoms with E-state index in [1.165, 1.54) is 47.7 Å². The molecule has 4 nitrogen and oxygen atoms in total. The molecule has 0 atom stereocenters. The molecule has 0 unspecified atom stereocenters. The Hall–Kier alpha value is -2.32. The van der Waals surface area contributed by atoms with Gasteiger partial charge in [0.25, 0.3) is 5.91 Å². The van der Waals surface area contributed by atoms with E-state index in [4.69, 9.17) is 4.74 Å². The molecule has 0 aliphatic carbocycles. The van der Waals surface area contributed by atoms with Crippen LogP contribution >= 0.6 is 27.3 Å². The Bertz CT molecular complexity index is 900. The lowest BCUT2D eigenvalue weighted by Gasteiger charge is -2.05. The molecule has 0 saturated carbocycles. The van der Waals surface area contributed by atoms with Gasteiger partial charge in [0.15, 0.2) is 0 Å². The topological polar surface area (TPSA) is 51.2 Å². The number of ether oxygens (including phenoxy) is 1. The average molecular weight is 425 g/mol. The minimum Gasteiger partial charge on any atom is -0.486 e. The molecule has 0 bridgehead atoms. The van der Waals surface area contributed by atoms with E-state index in [0.29, 0.717) is 15.2 Å². The molecule has 1 heterocycles. The highest BCUT2D eigenvalue weighted by atomic mass is 79.9. The van der Waals surface area contributed by atoms with Gasteiger partial charge < -0.3 is 10.1 Å². The van der Waals surface area contributed by atoms with Crippen LogP contribution < -0.4 is 10.1 Å². The summed E-state index contributed by atoms with van der Waals surface area (Å²) in [6, 6.07) is 9.95. The van der Waals surface area contributed by atoms with Crippen molar-refractivity contribution in [3.63, 3.8) is 0 Å². The average Bonchev–Trinajstić information content (AvgIpc) is 3.06. The standard InChI is InChI=1S/C17H11BrF2N2O2S/c18-10-1-6-14(13(20)7-10)22-17(23)15-9-25-16(21-15)8-24-12-4-2-11(19)3-5-12/h1-7,9H,8H2,(H,22,23). The Morgan fingerprint density at radius 2 is 1.96 bits per heavy atom. The number of hydrogen-bond acceptors (Lipinski definition) is 4. The highest BCUT2D eigenvalue weighted by Gasteiger charge is 2.13. The molecule has 2 aromatic carbocycles. The van der Waals surface area contributed by atoms with Crippen LogP contribution in [0.4, 0.5) is 14.5 Å². The summed E-state index contributed by atoms with van der Waals surface area (Å²) in [6.07, 6.45) is 0. The molecule has 3 aromatic rings. The van der Waals surface area contributed by atoms with E-state index in [-0.39, 0.29) is 23.8 Å². The molecule has 0 spiro atoms. The number of nitrogens with zero attached hydrogens (tertiary/aromatic N) is 1. The highest BCUT2D eigenvalue weighted by Crippen LogP contribution is 2.21. The van der Waals surface area contributed by atoms with Crippen LogP contribution in [0.25, 0.3) is 0 Å². The van der Waals surface area contributed by atoms with E-state index in [0.717, 1.165) is 0 Å². The number of nitrogens with one attached hydrogen (secondary N) is 1. The number of carbonyl (C=O) groups excluding carboxylic acids is 1. The lowest BCUT2D eigenvalue weighted by Crippen LogP contribution is -2.13. The van der Waals surface area contributed by atoms with Crippen LogP contribution in [0.3, 0.4) is 0 Å². The smallest absolute Gasteiger partial charge is 0.275 e. The van der Waals surface area contributed by atoms with Gasteiger partial charge in [-0.3, -0.25) is 4.79 Å². The van der Waals surface area contributed by atoms with E-state index < -0.39 is 11.7 Å². The van der Waals surface area contributed by atoms with Crippen molar-refractivity contribution in [2.75, 3.05) is 5.32 Å². The SMILES string of the molecule is O=C(Nc1ccc(Br)cc1F)c1csc(COc2ccc(F)cc2)n1. The largest absolute Gasteiger partial charge is 0.486 e. The lowest BCUT2D eigenvalue weighted by atomic mass is 10.3. The molecule has 1 N–H and O–H groups in total. The number of anilines is 1. The third-order valence-corrected chi connectivity index (χ3v) is 4.46. The first kappa shape index (κ1) is 17.5. The summed E-state index contributed by atoms with van der Waals surface area (Å²) in [5, 5.41) is 4.61. The summed E-state index contributed by atoms with van der Waals surface area (Å²) < 4.78 is 32.6. The first-order chi connectivity index (χ1) is 12.0. The van der Waals surface area contributed by atoms with Gasteiger partial charge in [0.05, 0.1) is 5.69 Å². The van der Waals surface area contributed by atoms with Gasteiger partial charge in [-0.15, -0.1) is 11.3 Å². The molecule has 3 rings (SSSR count). The fourth-order valence-corrected chi connectivity index (χ4v) is 2.95. The third kappa shape index (κ3) is 4.61. The molecule has 128 valence electrons. The maximum absolute atomic E-state index is 13.8. The van der Waals surface area contributed by atoms with Crippen LogP contribution in [0.1, 0.15) is 15.5 Å². The second kappa shape index (κ2) is 7.71. The van der Waals surface area contributed by atoms with Crippen molar-refractivity contribution >= 4 is 38.9 Å². The van der Waals surface area contributed by atoms with Crippen molar-refractivity contribution in [1.29, 1.82) is 0 Å². The molecule has 1 aromatic heterocycles. The summed E-state index contributed by atoms with van der Waals surface area (Å²) in [6.45, 7) is 0.149. The number of halogens is 3. The van der Waals surface area contributed by atoms with Gasteiger partial charge in [-0.25, -0.2) is 13.8 Å². The zero-order chi connectivity index (χ0) is 17.8. The van der Waals surface area contributed by atoms with Crippen molar-refractivity contribution in [3.05, 3.63) is 74.7 Å². The third-order valence-electron chi connectivity index (χ3n) is 3.14. The molecule has 8 heteroatoms. The number of aromatic nitrogens is 1. The predicted octanol–water partition coefficient (Wildman–Crippen LogP) is 5.02. The maximum atomic E-state index is 13.8. The first-order valence-corrected chi connectivity index (χ1v) is 8.78. The van der Waals surface area contributed by atoms with Gasteiger partial charge in [-0.2, -0.15) is 0 Å². The van der Waals surface area contributed by atoms with Crippen molar-refractivity contribution in [1.82, 2.24) is 4.98 Å². The Labute approximate surface area is 154 Å². The second-order valence-electron chi connectivity index (χ2n) is 4.95. The molecular weight excluding hydrogens is 414 g/mol. The number of hydrogen-bond donors (Lipinski definition) is 1. The molecule has 0 aliphatic heterocycles. The molecular formula is C17H11BrF2N2O2S. The molecule has 1 amide bonds. The molecule has 25 heavy (non-hydrogen) atoms. The Balaban J connectivity index is 1.62. The Morgan fingerprint density at radius 1 is 1.20 bits per heavy atom. The van der Waals surface area contributed by atoms with Crippen LogP contribution in [0.15, 0.2) is 52.3 Å². The Morgan fingerprint density at radius 3 is 2.68 bits per heavy atom. The summed E-state index contributed by atoms with van der Waals surface area (Å²) in [7, 11) is 0. The van der Waals surface area contributed by atoms with Crippen LogP contribution in [-0.2, 0) is 6.61 Å². The summed E-state index contributed by atoms with van der Waals surface area (Å²) in [4.78, 5) is 16.3. The molecule has 0 aliphatic rings. The predicted molar refractivity (Wildman–Crippen MR) is 94.9 cm³/mol. The van der Waals surface area contributed by atoms with Gasteiger partial charge in [0.1, 0.15) is 34.7 Å². The minimum atomic E-state index is -0.544. The van der Waals surface area contributed by atoms with E-state index >= 15 is 0 Å². The van der Waals surface area contributed by atoms with E-state index in [9.17, 15) is 13.6 Å². The Kier molecular flexibility index (Phi) is 5.40. The van der Waals surface area contributed by atoms with E-state index in [1.54, 1.807) is 11.4 Å². The first-order valence-electron chi connectivity index (χ1n) is 7.10. The number of amides is 1. The second-order valence-corrected chi connectivity index (χ2v) is 6.81. The minimum absolute atomic E-state index is 0.0744. The zero-order valence-electron chi connectivity index (χ0n) is 12.6. The fourth-order valence-electron chi connectivity index (χ4n) is 1.93. The normalized spacial score (nSPS) is 10.5. The van der Waals surface area contributed by atoms with E-state index in [1.807, 2.05) is 0 Å². The van der Waals surface area contributed by atoms with Gasteiger partial charge in [0.2, 0.25) is 0 Å². The number of carbonyl (C=O) groups is 1. The number of thiazole rings is 1. The summed E-state index contributed by atoms with van der Waals surface area (Å²) >= 11 is 4.40. The van der Waals surface area contributed by atoms with Crippen molar-refractivity contribution in [2.45, 2.75) is 6.61 Å². The maximum Gasteiger partial charge on any atom is 0.275 e. The lowest BCUT2D eigenvalue weighted by molar-refractivity contribution is 0.102. The summed E-state index contributed by atoms with van der Waals surface area (Å²) in [5.41, 5.74) is 0.246. The van der Waals surface area contributed by atoms with Crippen molar-refractivity contribution in [3.8, 4) is 5.75 Å². The molecule has 0 fully saturated rings. The number of benzene rings is 2. The van der Waals surface area contributed by atoms with Crippen LogP contribution in [0.2, 0.25) is 0 Å². The number of rotatable bonds is 5. The highest BCUT2D eigenvalue weighted by molar-refractivity contribution is 9.10. The van der Waals surface area contributed by atoms with Gasteiger partial charge in [-0.1, -0.05) is 15.9 Å². The van der Waals surface area contributed by atoms with Crippen molar-refractivity contribution < 1.29 is 18.3 Å². The summed E-state index contributed by atoms with van der Waals surface area (Å²) in [5.74, 6) is -0.899. The molecule has 0 saturated heterocycles. The van der Waals surface area contributed by atoms with E-state index in [2.05, 4.69) is 26.2 Å². The van der Waals surface area contributed by atoms with Crippen LogP contribution in [0, 0.1) is 11.6 Å². The monoisotopic (exact) mass is 424 g/mol. The van der Waals surface area contributed by atoms with Gasteiger partial charge >= 0.3 is 0 Å². The van der Waals surface area contributed by atoms with Crippen LogP contribution in [-0.4, -0.2) is 10.9 Å². The van der Waals surface area contributed by atoms with Gasteiger partial charge in [-0.05, 0) is 42.5 Å². The quantitative estimate of drug-likeness (QED) is 0.625.